The Morgan fingerprint density at radius 3 is 2.62 bits per heavy atom. The van der Waals surface area contributed by atoms with Gasteiger partial charge in [0.25, 0.3) is 0 Å². The van der Waals surface area contributed by atoms with Gasteiger partial charge in [0.05, 0.1) is 18.6 Å². The molecule has 0 spiro atoms. The Kier molecular flexibility index (Phi) is 5.15. The minimum Gasteiger partial charge on any atom is -0.496 e. The standard InChI is InChI=1S/C26H26N4O2/c1-29(2)14-15-30-16-28-26-24(25(30)27)23(19-10-6-7-11-20(19)31-3)22-18-9-5-4-8-17(18)12-13-21(22)32-26/h4-13,16,23,27H,14-15H2,1-3H3/t23-/m1/s1. The number of benzene rings is 3. The van der Waals surface area contributed by atoms with Gasteiger partial charge in [0, 0.05) is 24.2 Å². The van der Waals surface area contributed by atoms with Gasteiger partial charge in [-0.2, -0.15) is 0 Å². The number of fused-ring (bicyclic) bond motifs is 4. The summed E-state index contributed by atoms with van der Waals surface area (Å²) in [5, 5.41) is 11.3. The van der Waals surface area contributed by atoms with Gasteiger partial charge < -0.3 is 18.9 Å². The van der Waals surface area contributed by atoms with Crippen molar-refractivity contribution in [1.29, 1.82) is 5.41 Å². The van der Waals surface area contributed by atoms with Crippen molar-refractivity contribution in [3.05, 3.63) is 89.2 Å². The Bertz CT molecular complexity index is 1360. The van der Waals surface area contributed by atoms with Crippen molar-refractivity contribution < 1.29 is 9.47 Å². The highest BCUT2D eigenvalue weighted by Crippen LogP contribution is 2.49. The molecule has 162 valence electrons. The summed E-state index contributed by atoms with van der Waals surface area (Å²) in [6, 6.07) is 20.4. The third-order valence-electron chi connectivity index (χ3n) is 6.04. The van der Waals surface area contributed by atoms with Crippen molar-refractivity contribution in [3.63, 3.8) is 0 Å². The van der Waals surface area contributed by atoms with Gasteiger partial charge in [-0.3, -0.25) is 5.41 Å². The van der Waals surface area contributed by atoms with Gasteiger partial charge in [0.2, 0.25) is 5.88 Å². The third kappa shape index (κ3) is 3.33. The van der Waals surface area contributed by atoms with Crippen LogP contribution < -0.4 is 15.0 Å². The van der Waals surface area contributed by atoms with E-state index in [1.807, 2.05) is 55.1 Å². The predicted molar refractivity (Wildman–Crippen MR) is 125 cm³/mol. The van der Waals surface area contributed by atoms with Gasteiger partial charge in [-0.05, 0) is 37.0 Å². The number of para-hydroxylation sites is 1. The Balaban J connectivity index is 1.81. The van der Waals surface area contributed by atoms with E-state index in [2.05, 4.69) is 34.1 Å². The second-order valence-electron chi connectivity index (χ2n) is 8.28. The molecule has 6 heteroatoms. The molecule has 5 rings (SSSR count). The van der Waals surface area contributed by atoms with E-state index in [9.17, 15) is 0 Å². The molecule has 2 heterocycles. The van der Waals surface area contributed by atoms with Gasteiger partial charge in [0.1, 0.15) is 23.3 Å². The molecule has 1 atom stereocenters. The molecule has 0 fully saturated rings. The fraction of sp³-hybridized carbons (Fsp3) is 0.231. The van der Waals surface area contributed by atoms with E-state index >= 15 is 0 Å². The first-order chi connectivity index (χ1) is 15.6. The van der Waals surface area contributed by atoms with Gasteiger partial charge in [0.15, 0.2) is 0 Å². The summed E-state index contributed by atoms with van der Waals surface area (Å²) in [7, 11) is 5.74. The second kappa shape index (κ2) is 8.13. The number of nitrogens with one attached hydrogen (secondary N) is 1. The van der Waals surface area contributed by atoms with Gasteiger partial charge in [-0.15, -0.1) is 0 Å². The zero-order valence-corrected chi connectivity index (χ0v) is 18.5. The molecule has 3 aromatic carbocycles. The lowest BCUT2D eigenvalue weighted by Crippen LogP contribution is -2.32. The molecule has 32 heavy (non-hydrogen) atoms. The number of methoxy groups -OCH3 is 1. The molecule has 0 radical (unpaired) electrons. The van der Waals surface area contributed by atoms with Crippen LogP contribution in [0.3, 0.4) is 0 Å². The van der Waals surface area contributed by atoms with Gasteiger partial charge in [-0.25, -0.2) is 4.98 Å². The molecule has 0 bridgehead atoms. The van der Waals surface area contributed by atoms with Crippen molar-refractivity contribution in [2.24, 2.45) is 0 Å². The first-order valence-electron chi connectivity index (χ1n) is 10.7. The Morgan fingerprint density at radius 1 is 1.03 bits per heavy atom. The normalized spacial score (nSPS) is 14.7. The number of likely N-dealkylation sites (N-methyl/N-ethyl adjacent to an activating group) is 1. The summed E-state index contributed by atoms with van der Waals surface area (Å²) in [4.78, 5) is 6.73. The smallest absolute Gasteiger partial charge is 0.228 e. The maximum absolute atomic E-state index is 9.11. The van der Waals surface area contributed by atoms with E-state index in [1.165, 1.54) is 0 Å². The lowest BCUT2D eigenvalue weighted by molar-refractivity contribution is 0.370. The monoisotopic (exact) mass is 426 g/mol. The van der Waals surface area contributed by atoms with Crippen LogP contribution in [0.1, 0.15) is 22.6 Å². The highest BCUT2D eigenvalue weighted by Gasteiger charge is 2.35. The van der Waals surface area contributed by atoms with Crippen molar-refractivity contribution in [3.8, 4) is 17.4 Å². The summed E-state index contributed by atoms with van der Waals surface area (Å²) in [6.45, 7) is 1.49. The Labute approximate surface area is 187 Å². The maximum Gasteiger partial charge on any atom is 0.228 e. The number of ether oxygens (including phenoxy) is 2. The summed E-state index contributed by atoms with van der Waals surface area (Å²) in [6.07, 6.45) is 1.70. The topological polar surface area (TPSA) is 63.4 Å². The third-order valence-corrected chi connectivity index (χ3v) is 6.04. The van der Waals surface area contributed by atoms with Crippen LogP contribution in [-0.2, 0) is 6.54 Å². The SMILES string of the molecule is COc1ccccc1[C@H]1c2c(ncn(CCN(C)C)c2=N)Oc2ccc3ccccc3c21. The minimum absolute atomic E-state index is 0.234. The Hall–Kier alpha value is -3.64. The van der Waals surface area contributed by atoms with Crippen LogP contribution in [-0.4, -0.2) is 42.2 Å². The molecule has 0 saturated heterocycles. The molecule has 0 saturated carbocycles. The van der Waals surface area contributed by atoms with Crippen LogP contribution in [0.4, 0.5) is 0 Å². The molecule has 1 aliphatic rings. The molecule has 4 aromatic rings. The molecule has 1 N–H and O–H groups in total. The van der Waals surface area contributed by atoms with E-state index in [4.69, 9.17) is 14.9 Å². The van der Waals surface area contributed by atoms with Crippen LogP contribution in [0, 0.1) is 5.41 Å². The second-order valence-corrected chi connectivity index (χ2v) is 8.28. The van der Waals surface area contributed by atoms with Crippen LogP contribution in [0.5, 0.6) is 17.4 Å². The summed E-state index contributed by atoms with van der Waals surface area (Å²) in [5.74, 6) is 1.80. The fourth-order valence-electron chi connectivity index (χ4n) is 4.45. The minimum atomic E-state index is -0.234. The van der Waals surface area contributed by atoms with E-state index in [1.54, 1.807) is 13.4 Å². The molecule has 0 aliphatic carbocycles. The van der Waals surface area contributed by atoms with Gasteiger partial charge >= 0.3 is 0 Å². The molecule has 1 aromatic heterocycles. The number of nitrogens with zero attached hydrogens (tertiary/aromatic N) is 3. The van der Waals surface area contributed by atoms with E-state index in [0.717, 1.165) is 45.5 Å². The fourth-order valence-corrected chi connectivity index (χ4v) is 4.45. The van der Waals surface area contributed by atoms with Crippen LogP contribution in [0.2, 0.25) is 0 Å². The summed E-state index contributed by atoms with van der Waals surface area (Å²) in [5.41, 5.74) is 3.21. The first-order valence-corrected chi connectivity index (χ1v) is 10.7. The van der Waals surface area contributed by atoms with Crippen molar-refractivity contribution in [2.75, 3.05) is 27.7 Å². The van der Waals surface area contributed by atoms with Crippen molar-refractivity contribution in [2.45, 2.75) is 12.5 Å². The number of rotatable bonds is 5. The average molecular weight is 427 g/mol. The van der Waals surface area contributed by atoms with Crippen LogP contribution in [0.15, 0.2) is 67.0 Å². The van der Waals surface area contributed by atoms with Gasteiger partial charge in [-0.1, -0.05) is 48.5 Å². The molecular weight excluding hydrogens is 400 g/mol. The van der Waals surface area contributed by atoms with E-state index in [-0.39, 0.29) is 5.92 Å². The number of hydrogen-bond donors (Lipinski definition) is 1. The van der Waals surface area contributed by atoms with Crippen molar-refractivity contribution in [1.82, 2.24) is 14.5 Å². The molecular formula is C26H26N4O2. The predicted octanol–water partition coefficient (Wildman–Crippen LogP) is 4.37. The van der Waals surface area contributed by atoms with Crippen LogP contribution >= 0.6 is 0 Å². The summed E-state index contributed by atoms with van der Waals surface area (Å²) >= 11 is 0. The summed E-state index contributed by atoms with van der Waals surface area (Å²) < 4.78 is 13.9. The number of aromatic nitrogens is 2. The first kappa shape index (κ1) is 20.3. The Morgan fingerprint density at radius 2 is 1.81 bits per heavy atom. The molecule has 1 aliphatic heterocycles. The van der Waals surface area contributed by atoms with E-state index in [0.29, 0.717) is 17.9 Å². The lowest BCUT2D eigenvalue weighted by atomic mass is 9.81. The zero-order valence-electron chi connectivity index (χ0n) is 18.5. The highest BCUT2D eigenvalue weighted by molar-refractivity contribution is 5.90. The molecule has 0 unspecified atom stereocenters. The lowest BCUT2D eigenvalue weighted by Gasteiger charge is -2.30. The highest BCUT2D eigenvalue weighted by atomic mass is 16.5. The van der Waals surface area contributed by atoms with E-state index < -0.39 is 0 Å². The largest absolute Gasteiger partial charge is 0.496 e. The van der Waals surface area contributed by atoms with Crippen molar-refractivity contribution >= 4 is 10.8 Å². The zero-order chi connectivity index (χ0) is 22.2. The average Bonchev–Trinajstić information content (AvgIpc) is 2.82. The quantitative estimate of drug-likeness (QED) is 0.453. The number of hydrogen-bond acceptors (Lipinski definition) is 5. The maximum atomic E-state index is 9.11. The molecule has 6 nitrogen and oxygen atoms in total. The van der Waals surface area contributed by atoms with Crippen LogP contribution in [0.25, 0.3) is 10.8 Å². The molecule has 0 amide bonds.